The van der Waals surface area contributed by atoms with Gasteiger partial charge in [0.1, 0.15) is 0 Å². The Labute approximate surface area is 221 Å². The van der Waals surface area contributed by atoms with Gasteiger partial charge in [0.25, 0.3) is 11.8 Å². The van der Waals surface area contributed by atoms with Crippen molar-refractivity contribution < 1.29 is 18.0 Å². The molecule has 4 rings (SSSR count). The lowest BCUT2D eigenvalue weighted by atomic mass is 9.92. The molecule has 1 aliphatic carbocycles. The van der Waals surface area contributed by atoms with Gasteiger partial charge in [0.15, 0.2) is 6.17 Å². The van der Waals surface area contributed by atoms with E-state index >= 15 is 0 Å². The number of benzene rings is 2. The third kappa shape index (κ3) is 6.20. The molecule has 11 heteroatoms. The summed E-state index contributed by atoms with van der Waals surface area (Å²) in [6.07, 6.45) is 2.00. The molecule has 0 spiro atoms. The van der Waals surface area contributed by atoms with E-state index in [9.17, 15) is 18.0 Å². The predicted octanol–water partition coefficient (Wildman–Crippen LogP) is 3.38. The van der Waals surface area contributed by atoms with Gasteiger partial charge in [-0.1, -0.05) is 53.5 Å². The summed E-state index contributed by atoms with van der Waals surface area (Å²) in [7, 11) is -3.94. The summed E-state index contributed by atoms with van der Waals surface area (Å²) in [5.41, 5.74) is 6.76. The molecule has 1 atom stereocenters. The van der Waals surface area contributed by atoms with Crippen molar-refractivity contribution in [3.63, 3.8) is 0 Å². The van der Waals surface area contributed by atoms with E-state index in [4.69, 9.17) is 28.9 Å². The molecular weight excluding hydrogens is 523 g/mol. The van der Waals surface area contributed by atoms with Crippen molar-refractivity contribution in [1.29, 1.82) is 0 Å². The highest BCUT2D eigenvalue weighted by molar-refractivity contribution is 7.88. The zero-order chi connectivity index (χ0) is 25.9. The quantitative estimate of drug-likeness (QED) is 0.570. The summed E-state index contributed by atoms with van der Waals surface area (Å²) in [6, 6.07) is 13.2. The van der Waals surface area contributed by atoms with E-state index in [1.807, 2.05) is 0 Å². The van der Waals surface area contributed by atoms with E-state index in [2.05, 4.69) is 5.32 Å². The predicted molar refractivity (Wildman–Crippen MR) is 140 cm³/mol. The van der Waals surface area contributed by atoms with Crippen LogP contribution in [0.5, 0.6) is 0 Å². The molecule has 0 aromatic heterocycles. The van der Waals surface area contributed by atoms with Crippen LogP contribution in [0.25, 0.3) is 0 Å². The number of nitrogens with one attached hydrogen (secondary N) is 1. The van der Waals surface area contributed by atoms with Gasteiger partial charge in [-0.3, -0.25) is 9.59 Å². The third-order valence-electron chi connectivity index (χ3n) is 6.67. The second kappa shape index (κ2) is 11.5. The molecule has 1 heterocycles. The van der Waals surface area contributed by atoms with E-state index in [1.165, 1.54) is 23.1 Å². The van der Waals surface area contributed by atoms with Crippen LogP contribution in [0.4, 0.5) is 0 Å². The first-order valence-corrected chi connectivity index (χ1v) is 14.4. The van der Waals surface area contributed by atoms with Crippen LogP contribution < -0.4 is 11.1 Å². The topological polar surface area (TPSA) is 113 Å². The van der Waals surface area contributed by atoms with Gasteiger partial charge in [0, 0.05) is 30.2 Å². The Morgan fingerprint density at radius 1 is 1.00 bits per heavy atom. The van der Waals surface area contributed by atoms with Crippen LogP contribution >= 0.6 is 23.2 Å². The number of rotatable bonds is 6. The zero-order valence-corrected chi connectivity index (χ0v) is 22.1. The van der Waals surface area contributed by atoms with Crippen molar-refractivity contribution in [2.24, 2.45) is 5.73 Å². The van der Waals surface area contributed by atoms with Gasteiger partial charge in [0.2, 0.25) is 10.0 Å². The average molecular weight is 554 g/mol. The lowest BCUT2D eigenvalue weighted by Gasteiger charge is -2.42. The summed E-state index contributed by atoms with van der Waals surface area (Å²) in [5.74, 6) is -1.33. The minimum Gasteiger partial charge on any atom is -0.350 e. The molecule has 2 amide bonds. The van der Waals surface area contributed by atoms with Crippen molar-refractivity contribution in [3.8, 4) is 0 Å². The molecular formula is C25H30Cl2N4O4S. The largest absolute Gasteiger partial charge is 0.350 e. The summed E-state index contributed by atoms with van der Waals surface area (Å²) >= 11 is 12.3. The number of carbonyl (C=O) groups excluding carboxylic acids is 2. The van der Waals surface area contributed by atoms with E-state index in [1.54, 1.807) is 30.3 Å². The van der Waals surface area contributed by atoms with Crippen LogP contribution in [-0.4, -0.2) is 60.8 Å². The van der Waals surface area contributed by atoms with E-state index in [0.29, 0.717) is 29.8 Å². The molecule has 1 saturated heterocycles. The molecule has 194 valence electrons. The van der Waals surface area contributed by atoms with Gasteiger partial charge < -0.3 is 16.0 Å². The fraction of sp³-hybridized carbons (Fsp3) is 0.440. The van der Waals surface area contributed by atoms with E-state index in [0.717, 1.165) is 17.1 Å². The van der Waals surface area contributed by atoms with Crippen molar-refractivity contribution in [1.82, 2.24) is 14.5 Å². The SMILES string of the molecule is NC1CCC(NC(=O)C2N(C(=O)c3ccc(Cl)cc3Cl)CCCN2S(=O)(=O)Cc2ccccc2)CC1. The first kappa shape index (κ1) is 26.9. The minimum absolute atomic E-state index is 0.0979. The van der Waals surface area contributed by atoms with Gasteiger partial charge in [0.05, 0.1) is 16.3 Å². The maximum absolute atomic E-state index is 13.6. The number of nitrogens with zero attached hydrogens (tertiary/aromatic N) is 2. The van der Waals surface area contributed by atoms with Crippen LogP contribution in [0.15, 0.2) is 48.5 Å². The fourth-order valence-corrected chi connectivity index (χ4v) is 6.99. The van der Waals surface area contributed by atoms with Crippen LogP contribution in [0, 0.1) is 0 Å². The molecule has 3 N–H and O–H groups in total. The summed E-state index contributed by atoms with van der Waals surface area (Å²) < 4.78 is 28.3. The van der Waals surface area contributed by atoms with Crippen LogP contribution in [0.2, 0.25) is 10.0 Å². The smallest absolute Gasteiger partial charge is 0.259 e. The molecule has 2 fully saturated rings. The Kier molecular flexibility index (Phi) is 8.57. The highest BCUT2D eigenvalue weighted by Crippen LogP contribution is 2.28. The highest BCUT2D eigenvalue weighted by Gasteiger charge is 2.44. The first-order valence-electron chi connectivity index (χ1n) is 12.0. The Bertz CT molecular complexity index is 1200. The molecule has 8 nitrogen and oxygen atoms in total. The molecule has 36 heavy (non-hydrogen) atoms. The van der Waals surface area contributed by atoms with Gasteiger partial charge in [-0.25, -0.2) is 8.42 Å². The van der Waals surface area contributed by atoms with Crippen LogP contribution in [-0.2, 0) is 20.6 Å². The minimum atomic E-state index is -3.94. The first-order chi connectivity index (χ1) is 17.2. The molecule has 1 unspecified atom stereocenters. The molecule has 2 aliphatic rings. The van der Waals surface area contributed by atoms with Crippen molar-refractivity contribution in [2.75, 3.05) is 13.1 Å². The summed E-state index contributed by atoms with van der Waals surface area (Å²) in [5, 5.41) is 3.49. The van der Waals surface area contributed by atoms with Crippen molar-refractivity contribution in [3.05, 3.63) is 69.7 Å². The van der Waals surface area contributed by atoms with Crippen LogP contribution in [0.1, 0.15) is 48.0 Å². The van der Waals surface area contributed by atoms with E-state index < -0.39 is 28.0 Å². The Morgan fingerprint density at radius 2 is 1.69 bits per heavy atom. The fourth-order valence-electron chi connectivity index (χ4n) is 4.80. The molecule has 1 saturated carbocycles. The summed E-state index contributed by atoms with van der Waals surface area (Å²) in [4.78, 5) is 28.5. The molecule has 0 bridgehead atoms. The second-order valence-electron chi connectivity index (χ2n) is 9.32. The lowest BCUT2D eigenvalue weighted by molar-refractivity contribution is -0.132. The van der Waals surface area contributed by atoms with Crippen molar-refractivity contribution in [2.45, 2.75) is 56.1 Å². The Hall–Kier alpha value is -2.17. The second-order valence-corrected chi connectivity index (χ2v) is 12.1. The van der Waals surface area contributed by atoms with Crippen molar-refractivity contribution >= 4 is 45.0 Å². The lowest BCUT2D eigenvalue weighted by Crippen LogP contribution is -2.64. The van der Waals surface area contributed by atoms with Gasteiger partial charge in [-0.15, -0.1) is 0 Å². The number of nitrogens with two attached hydrogens (primary N) is 1. The van der Waals surface area contributed by atoms with Crippen LogP contribution in [0.3, 0.4) is 0 Å². The number of hydrogen-bond acceptors (Lipinski definition) is 5. The maximum Gasteiger partial charge on any atom is 0.259 e. The number of sulfonamides is 1. The average Bonchev–Trinajstić information content (AvgIpc) is 2.85. The number of halogens is 2. The molecule has 2 aromatic carbocycles. The number of amides is 2. The van der Waals surface area contributed by atoms with Gasteiger partial charge >= 0.3 is 0 Å². The Morgan fingerprint density at radius 3 is 2.36 bits per heavy atom. The monoisotopic (exact) mass is 552 g/mol. The number of carbonyl (C=O) groups is 2. The zero-order valence-electron chi connectivity index (χ0n) is 19.8. The highest BCUT2D eigenvalue weighted by atomic mass is 35.5. The third-order valence-corrected chi connectivity index (χ3v) is 9.01. The van der Waals surface area contributed by atoms with Gasteiger partial charge in [-0.05, 0) is 55.9 Å². The molecule has 0 radical (unpaired) electrons. The van der Waals surface area contributed by atoms with Gasteiger partial charge in [-0.2, -0.15) is 4.31 Å². The molecule has 1 aliphatic heterocycles. The number of hydrogen-bond donors (Lipinski definition) is 2. The standard InChI is InChI=1S/C25H30Cl2N4O4S/c26-18-7-12-21(22(27)15-18)25(33)30-13-4-14-31(36(34,35)16-17-5-2-1-3-6-17)24(30)23(32)29-20-10-8-19(28)9-11-20/h1-3,5-7,12,15,19-20,24H,4,8-11,13-14,16,28H2,(H,29,32). The normalized spacial score (nSPS) is 23.3. The molecule has 2 aromatic rings. The summed E-state index contributed by atoms with van der Waals surface area (Å²) in [6.45, 7) is 0.337. The maximum atomic E-state index is 13.6. The van der Waals surface area contributed by atoms with E-state index in [-0.39, 0.29) is 41.5 Å². The Balaban J connectivity index is 1.66.